The molecule has 3 atom stereocenters. The first-order valence-electron chi connectivity index (χ1n) is 13.0. The molecule has 0 saturated carbocycles. The van der Waals surface area contributed by atoms with Gasteiger partial charge in [-0.15, -0.1) is 11.8 Å². The quantitative estimate of drug-likeness (QED) is 0.247. The number of hydrogen-bond donors (Lipinski definition) is 0. The van der Waals surface area contributed by atoms with Crippen molar-refractivity contribution in [2.24, 2.45) is 5.41 Å². The lowest BCUT2D eigenvalue weighted by Crippen LogP contribution is -2.42. The van der Waals surface area contributed by atoms with E-state index < -0.39 is 0 Å². The summed E-state index contributed by atoms with van der Waals surface area (Å²) in [6.45, 7) is 0. The van der Waals surface area contributed by atoms with E-state index in [-0.39, 0.29) is 16.6 Å². The lowest BCUT2D eigenvalue weighted by atomic mass is 9.62. The van der Waals surface area contributed by atoms with Crippen LogP contribution in [0.1, 0.15) is 44.5 Å². The lowest BCUT2D eigenvalue weighted by Gasteiger charge is -2.48. The van der Waals surface area contributed by atoms with Gasteiger partial charge in [0.1, 0.15) is 11.5 Å². The fraction of sp³-hybridized carbons (Fsp3) is 0.206. The number of benzene rings is 4. The molecule has 0 bridgehead atoms. The van der Waals surface area contributed by atoms with Crippen molar-refractivity contribution in [1.82, 2.24) is 0 Å². The van der Waals surface area contributed by atoms with Crippen LogP contribution >= 0.6 is 24.0 Å². The molecule has 0 saturated heterocycles. The van der Waals surface area contributed by atoms with Gasteiger partial charge in [0.25, 0.3) is 0 Å². The van der Waals surface area contributed by atoms with Gasteiger partial charge in [0.15, 0.2) is 0 Å². The van der Waals surface area contributed by atoms with Gasteiger partial charge in [0.05, 0.1) is 14.2 Å². The highest BCUT2D eigenvalue weighted by atomic mass is 32.2. The summed E-state index contributed by atoms with van der Waals surface area (Å²) in [5.41, 5.74) is 9.21. The summed E-state index contributed by atoms with van der Waals surface area (Å²) in [4.78, 5) is 2.51. The predicted octanol–water partition coefficient (Wildman–Crippen LogP) is 8.20. The average molecular weight is 533 g/mol. The second-order valence-electron chi connectivity index (χ2n) is 10.4. The van der Waals surface area contributed by atoms with E-state index >= 15 is 0 Å². The minimum Gasteiger partial charge on any atom is -0.497 e. The van der Waals surface area contributed by atoms with Gasteiger partial charge in [0.2, 0.25) is 0 Å². The van der Waals surface area contributed by atoms with E-state index in [4.69, 9.17) is 21.7 Å². The molecule has 0 amide bonds. The van der Waals surface area contributed by atoms with Gasteiger partial charge < -0.3 is 9.47 Å². The first-order chi connectivity index (χ1) is 18.6. The summed E-state index contributed by atoms with van der Waals surface area (Å²) in [5, 5.41) is 0.158. The number of hydrogen-bond acceptors (Lipinski definition) is 4. The van der Waals surface area contributed by atoms with Crippen molar-refractivity contribution in [1.29, 1.82) is 0 Å². The van der Waals surface area contributed by atoms with Crippen molar-refractivity contribution < 1.29 is 9.47 Å². The number of methoxy groups -OCH3 is 2. The highest BCUT2D eigenvalue weighted by Gasteiger charge is 2.58. The smallest absolute Gasteiger partial charge is 0.118 e. The van der Waals surface area contributed by atoms with E-state index in [2.05, 4.69) is 97.1 Å². The van der Waals surface area contributed by atoms with Gasteiger partial charge >= 0.3 is 0 Å². The molecular weight excluding hydrogens is 505 g/mol. The molecule has 2 nitrogen and oxygen atoms in total. The fourth-order valence-corrected chi connectivity index (χ4v) is 9.16. The molecule has 38 heavy (non-hydrogen) atoms. The van der Waals surface area contributed by atoms with Gasteiger partial charge in [-0.05, 0) is 76.1 Å². The molecular formula is C34H28O2S2. The molecule has 4 heteroatoms. The molecule has 3 aliphatic rings. The van der Waals surface area contributed by atoms with Crippen LogP contribution in [0.25, 0.3) is 4.91 Å². The van der Waals surface area contributed by atoms with Crippen LogP contribution in [0.5, 0.6) is 11.5 Å². The Hall–Kier alpha value is -3.34. The van der Waals surface area contributed by atoms with Gasteiger partial charge in [-0.25, -0.2) is 0 Å². The molecule has 0 aromatic heterocycles. The van der Waals surface area contributed by atoms with E-state index in [0.29, 0.717) is 0 Å². The van der Waals surface area contributed by atoms with Crippen LogP contribution in [-0.4, -0.2) is 19.1 Å². The van der Waals surface area contributed by atoms with Crippen molar-refractivity contribution in [3.05, 3.63) is 136 Å². The molecule has 4 aromatic carbocycles. The predicted molar refractivity (Wildman–Crippen MR) is 160 cm³/mol. The van der Waals surface area contributed by atoms with Crippen LogP contribution in [-0.2, 0) is 12.8 Å². The summed E-state index contributed by atoms with van der Waals surface area (Å²) in [6, 6.07) is 35.0. The Morgan fingerprint density at radius 2 is 1.29 bits per heavy atom. The first-order valence-corrected chi connectivity index (χ1v) is 14.3. The van der Waals surface area contributed by atoms with Crippen LogP contribution in [0.4, 0.5) is 0 Å². The van der Waals surface area contributed by atoms with Crippen molar-refractivity contribution in [3.63, 3.8) is 0 Å². The summed E-state index contributed by atoms with van der Waals surface area (Å²) in [7, 11) is 3.45. The topological polar surface area (TPSA) is 18.5 Å². The Morgan fingerprint density at radius 1 is 0.711 bits per heavy atom. The number of ether oxygens (including phenoxy) is 2. The Kier molecular flexibility index (Phi) is 5.72. The molecule has 0 fully saturated rings. The third kappa shape index (κ3) is 3.43. The maximum atomic E-state index is 6.52. The average Bonchev–Trinajstić information content (AvgIpc) is 3.48. The minimum atomic E-state index is -0.270. The van der Waals surface area contributed by atoms with Crippen molar-refractivity contribution >= 4 is 33.7 Å². The number of thioether (sulfide) groups is 1. The Morgan fingerprint density at radius 3 is 1.92 bits per heavy atom. The summed E-state index contributed by atoms with van der Waals surface area (Å²) < 4.78 is 11.1. The van der Waals surface area contributed by atoms with E-state index in [1.165, 1.54) is 43.9 Å². The lowest BCUT2D eigenvalue weighted by molar-refractivity contribution is 0.361. The molecule has 188 valence electrons. The van der Waals surface area contributed by atoms with Crippen molar-refractivity contribution in [3.8, 4) is 11.5 Å². The Balaban J connectivity index is 1.50. The second-order valence-corrected chi connectivity index (χ2v) is 11.9. The molecule has 0 N–H and O–H groups in total. The van der Waals surface area contributed by atoms with Crippen LogP contribution in [0.15, 0.2) is 103 Å². The highest BCUT2D eigenvalue weighted by molar-refractivity contribution is 8.08. The molecule has 1 heterocycles. The summed E-state index contributed by atoms with van der Waals surface area (Å²) >= 11 is 8.53. The third-order valence-corrected chi connectivity index (χ3v) is 10.8. The summed E-state index contributed by atoms with van der Waals surface area (Å²) in [5.74, 6) is 1.91. The van der Waals surface area contributed by atoms with Gasteiger partial charge in [-0.3, -0.25) is 0 Å². The molecule has 2 aliphatic carbocycles. The van der Waals surface area contributed by atoms with E-state index in [1.54, 1.807) is 14.2 Å². The molecule has 7 rings (SSSR count). The van der Waals surface area contributed by atoms with Gasteiger partial charge in [0, 0.05) is 26.4 Å². The third-order valence-electron chi connectivity index (χ3n) is 8.54. The number of allylic oxidation sites excluding steroid dienone is 1. The standard InChI is InChI=1S/C34H28O2S2/c1-35-25-15-11-21(12-16-25)30-29-19-23-7-3-5-9-27(23)31(29)38-33(22-13-17-26(36-2)18-14-22)34(30)20-24-8-4-6-10-28(24)32(34)37/h3-18,30,33H,19-20H2,1-2H3. The monoisotopic (exact) mass is 532 g/mol. The normalized spacial score (nSPS) is 23.3. The zero-order valence-electron chi connectivity index (χ0n) is 21.4. The van der Waals surface area contributed by atoms with Crippen molar-refractivity contribution in [2.45, 2.75) is 24.0 Å². The second kappa shape index (κ2) is 9.14. The Labute approximate surface area is 233 Å². The molecule has 1 aliphatic heterocycles. The van der Waals surface area contributed by atoms with E-state index in [0.717, 1.165) is 29.2 Å². The van der Waals surface area contributed by atoms with Crippen molar-refractivity contribution in [2.75, 3.05) is 14.2 Å². The SMILES string of the molecule is COc1ccc(C2SC3=C(Cc4ccccc43)C(c3ccc(OC)cc3)C23Cc2ccccc2C3=S)cc1. The van der Waals surface area contributed by atoms with Crippen LogP contribution < -0.4 is 9.47 Å². The first kappa shape index (κ1) is 23.8. The maximum Gasteiger partial charge on any atom is 0.118 e. The summed E-state index contributed by atoms with van der Waals surface area (Å²) in [6.07, 6.45) is 1.89. The van der Waals surface area contributed by atoms with E-state index in [9.17, 15) is 0 Å². The van der Waals surface area contributed by atoms with Crippen LogP contribution in [0, 0.1) is 5.41 Å². The molecule has 0 radical (unpaired) electrons. The maximum absolute atomic E-state index is 6.52. The number of rotatable bonds is 4. The van der Waals surface area contributed by atoms with Gasteiger partial charge in [-0.2, -0.15) is 0 Å². The molecule has 1 spiro atoms. The fourth-order valence-electron chi connectivity index (χ4n) is 6.84. The van der Waals surface area contributed by atoms with Gasteiger partial charge in [-0.1, -0.05) is 85.0 Å². The zero-order chi connectivity index (χ0) is 25.9. The molecule has 4 aromatic rings. The minimum absolute atomic E-state index is 0.157. The number of fused-ring (bicyclic) bond motifs is 3. The molecule has 3 unspecified atom stereocenters. The highest BCUT2D eigenvalue weighted by Crippen LogP contribution is 2.69. The van der Waals surface area contributed by atoms with Crippen LogP contribution in [0.3, 0.4) is 0 Å². The zero-order valence-corrected chi connectivity index (χ0v) is 23.1. The Bertz CT molecular complexity index is 1590. The van der Waals surface area contributed by atoms with Crippen LogP contribution in [0.2, 0.25) is 0 Å². The number of thiocarbonyl (C=S) groups is 1. The van der Waals surface area contributed by atoms with E-state index in [1.807, 2.05) is 11.8 Å². The largest absolute Gasteiger partial charge is 0.497 e.